The molecular formula is C14H28NO2+. The van der Waals surface area contributed by atoms with Gasteiger partial charge in [-0.25, -0.2) is 0 Å². The zero-order chi connectivity index (χ0) is 12.1. The minimum absolute atomic E-state index is 0.272. The minimum atomic E-state index is -0.272. The van der Waals surface area contributed by atoms with E-state index in [2.05, 4.69) is 6.92 Å². The number of nitrogens with one attached hydrogen (secondary N) is 1. The summed E-state index contributed by atoms with van der Waals surface area (Å²) in [7, 11) is 0. The van der Waals surface area contributed by atoms with Crippen LogP contribution in [0.5, 0.6) is 0 Å². The second-order valence-corrected chi connectivity index (χ2v) is 5.90. The van der Waals surface area contributed by atoms with Crippen molar-refractivity contribution in [3.05, 3.63) is 0 Å². The largest absolute Gasteiger partial charge is 0.385 e. The predicted molar refractivity (Wildman–Crippen MR) is 68.2 cm³/mol. The quantitative estimate of drug-likeness (QED) is 0.746. The molecule has 0 bridgehead atoms. The highest BCUT2D eigenvalue weighted by Gasteiger charge is 2.25. The second-order valence-electron chi connectivity index (χ2n) is 5.90. The molecule has 3 heteroatoms. The smallest absolute Gasteiger partial charge is 0.126 e. The zero-order valence-electron chi connectivity index (χ0n) is 11.2. The molecule has 1 unspecified atom stereocenters. The highest BCUT2D eigenvalue weighted by atomic mass is 16.5. The molecule has 100 valence electrons. The van der Waals surface area contributed by atoms with Gasteiger partial charge in [0.2, 0.25) is 0 Å². The fourth-order valence-electron chi connectivity index (χ4n) is 3.22. The van der Waals surface area contributed by atoms with Crippen LogP contribution in [0.4, 0.5) is 0 Å². The molecular weight excluding hydrogens is 214 g/mol. The lowest BCUT2D eigenvalue weighted by atomic mass is 10.0. The van der Waals surface area contributed by atoms with Crippen molar-refractivity contribution in [1.29, 1.82) is 0 Å². The van der Waals surface area contributed by atoms with Crippen molar-refractivity contribution in [3.63, 3.8) is 0 Å². The Morgan fingerprint density at radius 1 is 1.18 bits per heavy atom. The molecule has 1 aliphatic carbocycles. The fourth-order valence-corrected chi connectivity index (χ4v) is 3.22. The molecule has 0 aromatic rings. The molecule has 0 amide bonds. The Hall–Kier alpha value is -0.120. The van der Waals surface area contributed by atoms with Crippen LogP contribution in [-0.4, -0.2) is 43.1 Å². The Balaban J connectivity index is 1.63. The van der Waals surface area contributed by atoms with Crippen LogP contribution < -0.4 is 4.90 Å². The normalized spacial score (nSPS) is 32.8. The highest BCUT2D eigenvalue weighted by Crippen LogP contribution is 2.20. The first-order valence-corrected chi connectivity index (χ1v) is 7.40. The van der Waals surface area contributed by atoms with Gasteiger partial charge < -0.3 is 14.7 Å². The summed E-state index contributed by atoms with van der Waals surface area (Å²) in [6, 6.07) is 0.713. The number of hydrogen-bond acceptors (Lipinski definition) is 2. The van der Waals surface area contributed by atoms with Gasteiger partial charge >= 0.3 is 0 Å². The number of aliphatic hydroxyl groups is 1. The number of quaternary nitrogens is 1. The van der Waals surface area contributed by atoms with E-state index in [1.54, 1.807) is 4.90 Å². The van der Waals surface area contributed by atoms with E-state index < -0.39 is 0 Å². The lowest BCUT2D eigenvalue weighted by Gasteiger charge is -2.31. The molecule has 2 fully saturated rings. The first-order chi connectivity index (χ1) is 8.25. The molecule has 0 aromatic heterocycles. The van der Waals surface area contributed by atoms with E-state index >= 15 is 0 Å². The summed E-state index contributed by atoms with van der Waals surface area (Å²) in [4.78, 5) is 1.57. The van der Waals surface area contributed by atoms with E-state index in [1.807, 2.05) is 0 Å². The monoisotopic (exact) mass is 242 g/mol. The summed E-state index contributed by atoms with van der Waals surface area (Å²) in [6.07, 6.45) is 9.13. The van der Waals surface area contributed by atoms with Gasteiger partial charge in [-0.15, -0.1) is 0 Å². The Kier molecular flexibility index (Phi) is 5.26. The number of likely N-dealkylation sites (tertiary alicyclic amines) is 1. The minimum Gasteiger partial charge on any atom is -0.385 e. The van der Waals surface area contributed by atoms with E-state index in [4.69, 9.17) is 4.74 Å². The van der Waals surface area contributed by atoms with Crippen molar-refractivity contribution in [2.45, 2.75) is 70.1 Å². The van der Waals surface area contributed by atoms with Gasteiger partial charge in [-0.3, -0.25) is 0 Å². The van der Waals surface area contributed by atoms with Gasteiger partial charge in [0.05, 0.1) is 25.3 Å². The van der Waals surface area contributed by atoms with Crippen LogP contribution in [0.1, 0.15) is 51.9 Å². The third-order valence-electron chi connectivity index (χ3n) is 4.41. The van der Waals surface area contributed by atoms with Crippen LogP contribution in [0.2, 0.25) is 0 Å². The lowest BCUT2D eigenvalue weighted by Crippen LogP contribution is -3.17. The number of ether oxygens (including phenoxy) is 1. The first-order valence-electron chi connectivity index (χ1n) is 7.40. The predicted octanol–water partition coefficient (Wildman–Crippen LogP) is 0.764. The lowest BCUT2D eigenvalue weighted by molar-refractivity contribution is -0.931. The van der Waals surface area contributed by atoms with Crippen molar-refractivity contribution in [2.75, 3.05) is 19.7 Å². The van der Waals surface area contributed by atoms with Gasteiger partial charge in [0.15, 0.2) is 0 Å². The fraction of sp³-hybridized carbons (Fsp3) is 1.00. The summed E-state index contributed by atoms with van der Waals surface area (Å²) >= 11 is 0. The van der Waals surface area contributed by atoms with Gasteiger partial charge in [0, 0.05) is 0 Å². The molecule has 1 aliphatic heterocycles. The summed E-state index contributed by atoms with van der Waals surface area (Å²) in [5, 5.41) is 10.0. The van der Waals surface area contributed by atoms with Crippen LogP contribution in [0, 0.1) is 0 Å². The van der Waals surface area contributed by atoms with Gasteiger partial charge in [-0.05, 0) is 39.0 Å². The van der Waals surface area contributed by atoms with E-state index in [1.165, 1.54) is 51.5 Å². The molecule has 2 N–H and O–H groups in total. The second kappa shape index (κ2) is 6.72. The molecule has 1 saturated carbocycles. The topological polar surface area (TPSA) is 33.9 Å². The van der Waals surface area contributed by atoms with E-state index in [0.29, 0.717) is 18.8 Å². The summed E-state index contributed by atoms with van der Waals surface area (Å²) in [5.41, 5.74) is 0. The van der Waals surface area contributed by atoms with Crippen LogP contribution >= 0.6 is 0 Å². The van der Waals surface area contributed by atoms with Crippen molar-refractivity contribution in [3.8, 4) is 0 Å². The SMILES string of the molecule is C[C@H]1CCCC[NH+]1C[C@@H](O)COC1CCCC1. The van der Waals surface area contributed by atoms with Crippen molar-refractivity contribution in [1.82, 2.24) is 0 Å². The molecule has 3 atom stereocenters. The third-order valence-corrected chi connectivity index (χ3v) is 4.41. The van der Waals surface area contributed by atoms with Crippen LogP contribution in [0.3, 0.4) is 0 Å². The number of aliphatic hydroxyl groups excluding tert-OH is 1. The average Bonchev–Trinajstić information content (AvgIpc) is 2.82. The maximum atomic E-state index is 10.0. The molecule has 1 heterocycles. The molecule has 2 rings (SSSR count). The molecule has 1 saturated heterocycles. The van der Waals surface area contributed by atoms with Gasteiger partial charge in [-0.1, -0.05) is 12.8 Å². The number of piperidine rings is 1. The highest BCUT2D eigenvalue weighted by molar-refractivity contribution is 4.67. The molecule has 0 spiro atoms. The summed E-state index contributed by atoms with van der Waals surface area (Å²) in [6.45, 7) is 4.94. The maximum absolute atomic E-state index is 10.0. The van der Waals surface area contributed by atoms with Gasteiger partial charge in [-0.2, -0.15) is 0 Å². The van der Waals surface area contributed by atoms with Crippen LogP contribution in [0.25, 0.3) is 0 Å². The Morgan fingerprint density at radius 3 is 2.59 bits per heavy atom. The van der Waals surface area contributed by atoms with Gasteiger partial charge in [0.1, 0.15) is 12.6 Å². The number of hydrogen-bond donors (Lipinski definition) is 2. The van der Waals surface area contributed by atoms with Crippen molar-refractivity contribution >= 4 is 0 Å². The van der Waals surface area contributed by atoms with Crippen molar-refractivity contribution < 1.29 is 14.7 Å². The molecule has 3 nitrogen and oxygen atoms in total. The summed E-state index contributed by atoms with van der Waals surface area (Å²) < 4.78 is 5.78. The van der Waals surface area contributed by atoms with Crippen LogP contribution in [-0.2, 0) is 4.74 Å². The summed E-state index contributed by atoms with van der Waals surface area (Å²) in [5.74, 6) is 0. The number of rotatable bonds is 5. The molecule has 0 radical (unpaired) electrons. The molecule has 2 aliphatic rings. The Bertz CT molecular complexity index is 216. The average molecular weight is 242 g/mol. The standard InChI is InChI=1S/C14H27NO2/c1-12-6-4-5-9-15(12)10-13(16)11-17-14-7-2-3-8-14/h12-14,16H,2-11H2,1H3/p+1/t12-,13+/m0/s1. The maximum Gasteiger partial charge on any atom is 0.126 e. The third kappa shape index (κ3) is 4.23. The zero-order valence-corrected chi connectivity index (χ0v) is 11.2. The van der Waals surface area contributed by atoms with Crippen molar-refractivity contribution in [2.24, 2.45) is 0 Å². The Labute approximate surface area is 105 Å². The van der Waals surface area contributed by atoms with E-state index in [9.17, 15) is 5.11 Å². The van der Waals surface area contributed by atoms with E-state index in [0.717, 1.165) is 6.54 Å². The van der Waals surface area contributed by atoms with Gasteiger partial charge in [0.25, 0.3) is 0 Å². The molecule has 17 heavy (non-hydrogen) atoms. The van der Waals surface area contributed by atoms with E-state index in [-0.39, 0.29) is 6.10 Å². The first kappa shape index (κ1) is 13.3. The van der Waals surface area contributed by atoms with Crippen LogP contribution in [0.15, 0.2) is 0 Å². The Morgan fingerprint density at radius 2 is 1.88 bits per heavy atom. The molecule has 0 aromatic carbocycles.